The average molecular weight is 242 g/mol. The first-order valence-electron chi connectivity index (χ1n) is 4.62. The lowest BCUT2D eigenvalue weighted by Crippen LogP contribution is -2.30. The first kappa shape index (κ1) is 12.5. The van der Waals surface area contributed by atoms with Crippen LogP contribution in [0.4, 0.5) is 0 Å². The van der Waals surface area contributed by atoms with Gasteiger partial charge in [0.25, 0.3) is 0 Å². The molecule has 0 saturated carbocycles. The number of carbonyl (C=O) groups is 2. The summed E-state index contributed by atoms with van der Waals surface area (Å²) in [5, 5.41) is -0.981. The van der Waals surface area contributed by atoms with Gasteiger partial charge in [0.2, 0.25) is 0 Å². The Morgan fingerprint density at radius 3 is 2.69 bits per heavy atom. The van der Waals surface area contributed by atoms with Crippen molar-refractivity contribution in [3.8, 4) is 5.75 Å². The Balaban J connectivity index is 2.72. The molecule has 0 radical (unpaired) electrons. The van der Waals surface area contributed by atoms with Crippen molar-refractivity contribution >= 4 is 22.8 Å². The lowest BCUT2D eigenvalue weighted by Gasteiger charge is -2.15. The van der Waals surface area contributed by atoms with Crippen LogP contribution in [0.5, 0.6) is 5.75 Å². The highest BCUT2D eigenvalue weighted by atomic mass is 35.5. The molecule has 0 bridgehead atoms. The molecule has 1 aromatic carbocycles. The van der Waals surface area contributed by atoms with Gasteiger partial charge in [-0.3, -0.25) is 9.59 Å². The second-order valence-electron chi connectivity index (χ2n) is 3.29. The van der Waals surface area contributed by atoms with E-state index in [9.17, 15) is 9.59 Å². The SMILES string of the molecule is COc1cccc(CN(C)C(=O)C(=O)Cl)c1. The Bertz CT molecular complexity index is 406. The van der Waals surface area contributed by atoms with Gasteiger partial charge in [-0.05, 0) is 29.3 Å². The minimum Gasteiger partial charge on any atom is -0.497 e. The summed E-state index contributed by atoms with van der Waals surface area (Å²) in [4.78, 5) is 23.1. The summed E-state index contributed by atoms with van der Waals surface area (Å²) in [5.41, 5.74) is 0.869. The van der Waals surface area contributed by atoms with Crippen LogP contribution < -0.4 is 4.74 Å². The van der Waals surface area contributed by atoms with Crippen molar-refractivity contribution in [2.45, 2.75) is 6.54 Å². The maximum Gasteiger partial charge on any atom is 0.310 e. The number of carbonyl (C=O) groups excluding carboxylic acids is 2. The third kappa shape index (κ3) is 3.24. The van der Waals surface area contributed by atoms with E-state index < -0.39 is 11.1 Å². The molecule has 0 aromatic heterocycles. The van der Waals surface area contributed by atoms with Gasteiger partial charge in [-0.15, -0.1) is 0 Å². The second-order valence-corrected chi connectivity index (χ2v) is 3.63. The van der Waals surface area contributed by atoms with E-state index in [1.54, 1.807) is 19.2 Å². The van der Waals surface area contributed by atoms with Gasteiger partial charge in [0.1, 0.15) is 5.75 Å². The molecule has 0 aliphatic carbocycles. The first-order valence-corrected chi connectivity index (χ1v) is 5.00. The van der Waals surface area contributed by atoms with Crippen molar-refractivity contribution in [2.24, 2.45) is 0 Å². The van der Waals surface area contributed by atoms with Crippen LogP contribution >= 0.6 is 11.6 Å². The smallest absolute Gasteiger partial charge is 0.310 e. The van der Waals surface area contributed by atoms with Crippen LogP contribution in [-0.4, -0.2) is 30.2 Å². The van der Waals surface area contributed by atoms with E-state index in [2.05, 4.69) is 0 Å². The molecule has 0 atom stereocenters. The standard InChI is InChI=1S/C11H12ClNO3/c1-13(11(15)10(12)14)7-8-4-3-5-9(6-8)16-2/h3-6H,7H2,1-2H3. The quantitative estimate of drug-likeness (QED) is 0.592. The fourth-order valence-electron chi connectivity index (χ4n) is 1.27. The summed E-state index contributed by atoms with van der Waals surface area (Å²) in [6.07, 6.45) is 0. The molecule has 0 fully saturated rings. The molecule has 86 valence electrons. The molecule has 1 aromatic rings. The summed E-state index contributed by atoms with van der Waals surface area (Å²) in [5.74, 6) is -0.0139. The summed E-state index contributed by atoms with van der Waals surface area (Å²) in [6, 6.07) is 7.25. The largest absolute Gasteiger partial charge is 0.497 e. The van der Waals surface area contributed by atoms with Crippen LogP contribution in [0.1, 0.15) is 5.56 Å². The molecule has 4 nitrogen and oxygen atoms in total. The van der Waals surface area contributed by atoms with Crippen LogP contribution in [0.25, 0.3) is 0 Å². The van der Waals surface area contributed by atoms with Gasteiger partial charge < -0.3 is 9.64 Å². The number of amides is 1. The molecule has 0 saturated heterocycles. The third-order valence-electron chi connectivity index (χ3n) is 2.07. The number of rotatable bonds is 4. The molecular weight excluding hydrogens is 230 g/mol. The molecule has 0 N–H and O–H groups in total. The summed E-state index contributed by atoms with van der Waals surface area (Å²) < 4.78 is 5.05. The molecule has 0 aliphatic heterocycles. The van der Waals surface area contributed by atoms with Crippen molar-refractivity contribution in [1.29, 1.82) is 0 Å². The number of likely N-dealkylation sites (N-methyl/N-ethyl adjacent to an activating group) is 1. The van der Waals surface area contributed by atoms with Crippen molar-refractivity contribution in [3.63, 3.8) is 0 Å². The topological polar surface area (TPSA) is 46.6 Å². The fraction of sp³-hybridized carbons (Fsp3) is 0.273. The summed E-state index contributed by atoms with van der Waals surface area (Å²) in [6.45, 7) is 0.314. The van der Waals surface area contributed by atoms with Gasteiger partial charge in [0.05, 0.1) is 7.11 Å². The Kier molecular flexibility index (Phi) is 4.31. The maximum absolute atomic E-state index is 11.2. The number of halogens is 1. The minimum absolute atomic E-state index is 0.314. The van der Waals surface area contributed by atoms with Crippen LogP contribution in [0.15, 0.2) is 24.3 Å². The van der Waals surface area contributed by atoms with Crippen LogP contribution in [0.2, 0.25) is 0 Å². The lowest BCUT2D eigenvalue weighted by molar-refractivity contribution is -0.140. The van der Waals surface area contributed by atoms with E-state index in [-0.39, 0.29) is 0 Å². The van der Waals surface area contributed by atoms with Crippen LogP contribution in [0.3, 0.4) is 0 Å². The first-order chi connectivity index (χ1) is 7.54. The summed E-state index contributed by atoms with van der Waals surface area (Å²) >= 11 is 5.09. The number of hydrogen-bond acceptors (Lipinski definition) is 3. The van der Waals surface area contributed by atoms with E-state index in [0.29, 0.717) is 12.3 Å². The lowest BCUT2D eigenvalue weighted by atomic mass is 10.2. The van der Waals surface area contributed by atoms with Crippen LogP contribution in [0, 0.1) is 0 Å². The van der Waals surface area contributed by atoms with Crippen molar-refractivity contribution in [3.05, 3.63) is 29.8 Å². The predicted octanol–water partition coefficient (Wildman–Crippen LogP) is 1.42. The number of ether oxygens (including phenoxy) is 1. The maximum atomic E-state index is 11.2. The number of hydrogen-bond donors (Lipinski definition) is 0. The zero-order chi connectivity index (χ0) is 12.1. The highest BCUT2D eigenvalue weighted by Crippen LogP contribution is 2.13. The highest BCUT2D eigenvalue weighted by Gasteiger charge is 2.15. The van der Waals surface area contributed by atoms with Gasteiger partial charge in [-0.2, -0.15) is 0 Å². The Morgan fingerprint density at radius 1 is 1.44 bits per heavy atom. The number of methoxy groups -OCH3 is 1. The molecule has 1 amide bonds. The van der Waals surface area contributed by atoms with Crippen molar-refractivity contribution < 1.29 is 14.3 Å². The zero-order valence-corrected chi connectivity index (χ0v) is 9.82. The van der Waals surface area contributed by atoms with Gasteiger partial charge in [-0.25, -0.2) is 0 Å². The Hall–Kier alpha value is -1.55. The third-order valence-corrected chi connectivity index (χ3v) is 2.23. The van der Waals surface area contributed by atoms with E-state index in [1.165, 1.54) is 11.9 Å². The molecule has 5 heteroatoms. The van der Waals surface area contributed by atoms with Gasteiger partial charge in [-0.1, -0.05) is 12.1 Å². The average Bonchev–Trinajstić information content (AvgIpc) is 2.28. The molecular formula is C11H12ClNO3. The molecule has 16 heavy (non-hydrogen) atoms. The number of benzene rings is 1. The molecule has 0 unspecified atom stereocenters. The summed E-state index contributed by atoms with van der Waals surface area (Å²) in [7, 11) is 3.08. The Labute approximate surface area is 98.8 Å². The highest BCUT2D eigenvalue weighted by molar-refractivity contribution is 6.80. The van der Waals surface area contributed by atoms with Crippen molar-refractivity contribution in [1.82, 2.24) is 4.90 Å². The molecule has 1 rings (SSSR count). The molecule has 0 heterocycles. The second kappa shape index (κ2) is 5.51. The minimum atomic E-state index is -0.981. The normalized spacial score (nSPS) is 9.69. The van der Waals surface area contributed by atoms with E-state index in [1.807, 2.05) is 12.1 Å². The van der Waals surface area contributed by atoms with E-state index in [0.717, 1.165) is 5.56 Å². The fourth-order valence-corrected chi connectivity index (χ4v) is 1.41. The number of nitrogens with zero attached hydrogens (tertiary/aromatic N) is 1. The molecule has 0 aliphatic rings. The molecule has 0 spiro atoms. The van der Waals surface area contributed by atoms with Gasteiger partial charge in [0.15, 0.2) is 0 Å². The van der Waals surface area contributed by atoms with Gasteiger partial charge >= 0.3 is 11.1 Å². The van der Waals surface area contributed by atoms with Crippen LogP contribution in [-0.2, 0) is 16.1 Å². The predicted molar refractivity (Wildman–Crippen MR) is 60.3 cm³/mol. The van der Waals surface area contributed by atoms with E-state index in [4.69, 9.17) is 16.3 Å². The Morgan fingerprint density at radius 2 is 2.12 bits per heavy atom. The monoisotopic (exact) mass is 241 g/mol. The van der Waals surface area contributed by atoms with Crippen molar-refractivity contribution in [2.75, 3.05) is 14.2 Å². The zero-order valence-electron chi connectivity index (χ0n) is 9.07. The van der Waals surface area contributed by atoms with Gasteiger partial charge in [0, 0.05) is 13.6 Å². The van der Waals surface area contributed by atoms with E-state index >= 15 is 0 Å².